The van der Waals surface area contributed by atoms with Crippen LogP contribution in [0.4, 0.5) is 11.4 Å². The monoisotopic (exact) mass is 372 g/mol. The van der Waals surface area contributed by atoms with Gasteiger partial charge in [-0.3, -0.25) is 4.79 Å². The average Bonchev–Trinajstić information content (AvgIpc) is 2.67. The highest BCUT2D eigenvalue weighted by Crippen LogP contribution is 2.21. The van der Waals surface area contributed by atoms with E-state index in [1.54, 1.807) is 18.2 Å². The summed E-state index contributed by atoms with van der Waals surface area (Å²) in [6, 6.07) is 14.1. The predicted molar refractivity (Wildman–Crippen MR) is 103 cm³/mol. The summed E-state index contributed by atoms with van der Waals surface area (Å²) in [5, 5.41) is 3.17. The SMILES string of the molecule is O=C(COC(=O)c1cccc(Cl)c1)Nc1ccc(N2CCCCC2)cc1. The normalized spacial score (nSPS) is 14.0. The Hall–Kier alpha value is -2.53. The van der Waals surface area contributed by atoms with Gasteiger partial charge in [0.25, 0.3) is 5.91 Å². The Kier molecular flexibility index (Phi) is 6.12. The maximum atomic E-state index is 12.0. The Morgan fingerprint density at radius 2 is 1.77 bits per heavy atom. The van der Waals surface area contributed by atoms with Crippen LogP contribution >= 0.6 is 11.6 Å². The molecule has 0 radical (unpaired) electrons. The van der Waals surface area contributed by atoms with Crippen molar-refractivity contribution < 1.29 is 14.3 Å². The highest BCUT2D eigenvalue weighted by molar-refractivity contribution is 6.30. The first-order valence-electron chi connectivity index (χ1n) is 8.69. The lowest BCUT2D eigenvalue weighted by molar-refractivity contribution is -0.119. The molecule has 3 rings (SSSR count). The number of nitrogens with zero attached hydrogens (tertiary/aromatic N) is 1. The fraction of sp³-hybridized carbons (Fsp3) is 0.300. The van der Waals surface area contributed by atoms with E-state index < -0.39 is 5.97 Å². The lowest BCUT2D eigenvalue weighted by atomic mass is 10.1. The van der Waals surface area contributed by atoms with Crippen molar-refractivity contribution in [2.75, 3.05) is 29.9 Å². The molecule has 1 fully saturated rings. The molecule has 0 bridgehead atoms. The van der Waals surface area contributed by atoms with Gasteiger partial charge in [0.1, 0.15) is 0 Å². The molecule has 0 aliphatic carbocycles. The number of piperidine rings is 1. The number of amides is 1. The molecule has 0 aromatic heterocycles. The van der Waals surface area contributed by atoms with Crippen LogP contribution in [0.1, 0.15) is 29.6 Å². The summed E-state index contributed by atoms with van der Waals surface area (Å²) >= 11 is 5.84. The van der Waals surface area contributed by atoms with Crippen molar-refractivity contribution in [1.82, 2.24) is 0 Å². The zero-order valence-corrected chi connectivity index (χ0v) is 15.2. The summed E-state index contributed by atoms with van der Waals surface area (Å²) < 4.78 is 5.02. The second-order valence-corrected chi connectivity index (χ2v) is 6.67. The molecule has 1 saturated heterocycles. The van der Waals surface area contributed by atoms with Gasteiger partial charge in [0.05, 0.1) is 5.56 Å². The molecule has 1 aliphatic rings. The highest BCUT2D eigenvalue weighted by atomic mass is 35.5. The quantitative estimate of drug-likeness (QED) is 0.802. The van der Waals surface area contributed by atoms with Crippen LogP contribution in [0.2, 0.25) is 5.02 Å². The van der Waals surface area contributed by atoms with Gasteiger partial charge in [0.2, 0.25) is 0 Å². The van der Waals surface area contributed by atoms with Gasteiger partial charge in [-0.2, -0.15) is 0 Å². The van der Waals surface area contributed by atoms with Gasteiger partial charge in [0, 0.05) is 29.5 Å². The Bertz CT molecular complexity index is 771. The van der Waals surface area contributed by atoms with Gasteiger partial charge in [-0.1, -0.05) is 17.7 Å². The minimum Gasteiger partial charge on any atom is -0.452 e. The molecule has 1 aliphatic heterocycles. The van der Waals surface area contributed by atoms with E-state index in [4.69, 9.17) is 16.3 Å². The Morgan fingerprint density at radius 1 is 1.04 bits per heavy atom. The summed E-state index contributed by atoms with van der Waals surface area (Å²) in [6.07, 6.45) is 3.73. The number of rotatable bonds is 5. The molecule has 2 aromatic carbocycles. The Morgan fingerprint density at radius 3 is 2.46 bits per heavy atom. The molecular formula is C20H21ClN2O3. The second kappa shape index (κ2) is 8.72. The lowest BCUT2D eigenvalue weighted by Crippen LogP contribution is -2.29. The van der Waals surface area contributed by atoms with E-state index >= 15 is 0 Å². The molecule has 26 heavy (non-hydrogen) atoms. The summed E-state index contributed by atoms with van der Waals surface area (Å²) in [5.74, 6) is -0.964. The largest absolute Gasteiger partial charge is 0.452 e. The minimum atomic E-state index is -0.580. The van der Waals surface area contributed by atoms with E-state index in [0.717, 1.165) is 18.8 Å². The van der Waals surface area contributed by atoms with Gasteiger partial charge in [-0.15, -0.1) is 0 Å². The van der Waals surface area contributed by atoms with Crippen LogP contribution in [0.5, 0.6) is 0 Å². The lowest BCUT2D eigenvalue weighted by Gasteiger charge is -2.28. The van der Waals surface area contributed by atoms with Crippen molar-refractivity contribution in [2.24, 2.45) is 0 Å². The number of halogens is 1. The van der Waals surface area contributed by atoms with Crippen LogP contribution in [-0.2, 0) is 9.53 Å². The van der Waals surface area contributed by atoms with Crippen molar-refractivity contribution in [3.63, 3.8) is 0 Å². The predicted octanol–water partition coefficient (Wildman–Crippen LogP) is 4.13. The summed E-state index contributed by atoms with van der Waals surface area (Å²) in [7, 11) is 0. The number of hydrogen-bond acceptors (Lipinski definition) is 4. The molecule has 0 atom stereocenters. The second-order valence-electron chi connectivity index (χ2n) is 6.23. The van der Waals surface area contributed by atoms with E-state index in [1.165, 1.54) is 25.3 Å². The molecule has 0 spiro atoms. The van der Waals surface area contributed by atoms with Gasteiger partial charge < -0.3 is 15.0 Å². The Labute approximate surface area is 157 Å². The molecule has 0 unspecified atom stereocenters. The van der Waals surface area contributed by atoms with E-state index in [1.807, 2.05) is 24.3 Å². The molecule has 5 nitrogen and oxygen atoms in total. The molecule has 2 aromatic rings. The zero-order chi connectivity index (χ0) is 18.4. The van der Waals surface area contributed by atoms with Crippen LogP contribution in [-0.4, -0.2) is 31.6 Å². The van der Waals surface area contributed by atoms with Crippen molar-refractivity contribution in [3.05, 3.63) is 59.1 Å². The van der Waals surface area contributed by atoms with Crippen molar-refractivity contribution in [1.29, 1.82) is 0 Å². The van der Waals surface area contributed by atoms with Gasteiger partial charge in [0.15, 0.2) is 6.61 Å². The molecule has 0 saturated carbocycles. The van der Waals surface area contributed by atoms with Crippen LogP contribution < -0.4 is 10.2 Å². The topological polar surface area (TPSA) is 58.6 Å². The summed E-state index contributed by atoms with van der Waals surface area (Å²) in [6.45, 7) is 1.80. The van der Waals surface area contributed by atoms with Gasteiger partial charge >= 0.3 is 5.97 Å². The molecule has 136 valence electrons. The van der Waals surface area contributed by atoms with Crippen LogP contribution in [0.3, 0.4) is 0 Å². The van der Waals surface area contributed by atoms with Crippen molar-refractivity contribution in [2.45, 2.75) is 19.3 Å². The van der Waals surface area contributed by atoms with E-state index in [-0.39, 0.29) is 12.5 Å². The Balaban J connectivity index is 1.49. The van der Waals surface area contributed by atoms with Gasteiger partial charge in [-0.25, -0.2) is 4.79 Å². The number of ether oxygens (including phenoxy) is 1. The summed E-state index contributed by atoms with van der Waals surface area (Å²) in [4.78, 5) is 26.2. The number of benzene rings is 2. The number of hydrogen-bond donors (Lipinski definition) is 1. The van der Waals surface area contributed by atoms with Crippen LogP contribution in [0.15, 0.2) is 48.5 Å². The third kappa shape index (κ3) is 4.99. The molecule has 6 heteroatoms. The standard InChI is InChI=1S/C20H21ClN2O3/c21-16-6-4-5-15(13-16)20(25)26-14-19(24)22-17-7-9-18(10-8-17)23-11-2-1-3-12-23/h4-10,13H,1-3,11-12,14H2,(H,22,24). The molecular weight excluding hydrogens is 352 g/mol. The number of esters is 1. The van der Waals surface area contributed by atoms with E-state index in [0.29, 0.717) is 16.3 Å². The third-order valence-electron chi connectivity index (χ3n) is 4.27. The average molecular weight is 373 g/mol. The van der Waals surface area contributed by atoms with Crippen LogP contribution in [0, 0.1) is 0 Å². The third-order valence-corrected chi connectivity index (χ3v) is 4.50. The maximum Gasteiger partial charge on any atom is 0.338 e. The summed E-state index contributed by atoms with van der Waals surface area (Å²) in [5.41, 5.74) is 2.15. The highest BCUT2D eigenvalue weighted by Gasteiger charge is 2.12. The number of anilines is 2. The first-order chi connectivity index (χ1) is 12.6. The zero-order valence-electron chi connectivity index (χ0n) is 14.4. The van der Waals surface area contributed by atoms with Crippen molar-refractivity contribution in [3.8, 4) is 0 Å². The number of nitrogens with one attached hydrogen (secondary N) is 1. The molecule has 1 N–H and O–H groups in total. The van der Waals surface area contributed by atoms with Crippen molar-refractivity contribution >= 4 is 34.9 Å². The smallest absolute Gasteiger partial charge is 0.338 e. The fourth-order valence-electron chi connectivity index (χ4n) is 2.93. The fourth-order valence-corrected chi connectivity index (χ4v) is 3.12. The minimum absolute atomic E-state index is 0.316. The first-order valence-corrected chi connectivity index (χ1v) is 9.07. The number of carbonyl (C=O) groups is 2. The van der Waals surface area contributed by atoms with E-state index in [2.05, 4.69) is 10.2 Å². The maximum absolute atomic E-state index is 12.0. The van der Waals surface area contributed by atoms with Gasteiger partial charge in [-0.05, 0) is 61.7 Å². The first kappa shape index (κ1) is 18.3. The molecule has 1 heterocycles. The van der Waals surface area contributed by atoms with Crippen LogP contribution in [0.25, 0.3) is 0 Å². The molecule has 1 amide bonds. The number of carbonyl (C=O) groups excluding carboxylic acids is 2. The van der Waals surface area contributed by atoms with E-state index in [9.17, 15) is 9.59 Å².